The van der Waals surface area contributed by atoms with Crippen molar-refractivity contribution < 1.29 is 4.74 Å². The molecule has 4 rings (SSSR count). The molecule has 5 nitrogen and oxygen atoms in total. The van der Waals surface area contributed by atoms with Gasteiger partial charge in [0.2, 0.25) is 0 Å². The largest absolute Gasteiger partial charge is 0.379 e. The van der Waals surface area contributed by atoms with Gasteiger partial charge in [-0.1, -0.05) is 27.7 Å². The monoisotopic (exact) mass is 434 g/mol. The molecular formula is C27H38N4O. The molecule has 1 aliphatic heterocycles. The van der Waals surface area contributed by atoms with Crippen LogP contribution < -0.4 is 0 Å². The van der Waals surface area contributed by atoms with Gasteiger partial charge in [-0.05, 0) is 61.9 Å². The topological polar surface area (TPSA) is 43.2 Å². The highest BCUT2D eigenvalue weighted by molar-refractivity contribution is 5.84. The number of aromatic nitrogens is 3. The molecule has 0 aliphatic carbocycles. The maximum Gasteiger partial charge on any atom is 0.0917 e. The summed E-state index contributed by atoms with van der Waals surface area (Å²) in [7, 11) is 0. The first-order chi connectivity index (χ1) is 15.4. The molecule has 1 saturated heterocycles. The van der Waals surface area contributed by atoms with Gasteiger partial charge in [0.1, 0.15) is 0 Å². The SMILES string of the molecule is CCc1nc(C(C)C)ccc1-c1nc2c(C)cn([C@@H](CC)CN3CCOCC3)c2cc1C. The van der Waals surface area contributed by atoms with Crippen LogP contribution in [0.15, 0.2) is 24.4 Å². The highest BCUT2D eigenvalue weighted by atomic mass is 16.5. The Bertz CT molecular complexity index is 1080. The number of nitrogens with zero attached hydrogens (tertiary/aromatic N) is 4. The van der Waals surface area contributed by atoms with Gasteiger partial charge in [-0.15, -0.1) is 0 Å². The van der Waals surface area contributed by atoms with Crippen molar-refractivity contribution in [1.29, 1.82) is 0 Å². The molecule has 1 aliphatic rings. The maximum absolute atomic E-state index is 5.54. The zero-order chi connectivity index (χ0) is 22.8. The molecular weight excluding hydrogens is 396 g/mol. The lowest BCUT2D eigenvalue weighted by Crippen LogP contribution is -2.39. The summed E-state index contributed by atoms with van der Waals surface area (Å²) in [6.45, 7) is 18.0. The molecule has 0 spiro atoms. The summed E-state index contributed by atoms with van der Waals surface area (Å²) in [6.07, 6.45) is 4.31. The minimum Gasteiger partial charge on any atom is -0.379 e. The number of rotatable bonds is 7. The van der Waals surface area contributed by atoms with Gasteiger partial charge < -0.3 is 9.30 Å². The van der Waals surface area contributed by atoms with E-state index in [-0.39, 0.29) is 0 Å². The summed E-state index contributed by atoms with van der Waals surface area (Å²) in [5, 5.41) is 0. The van der Waals surface area contributed by atoms with Gasteiger partial charge in [0.15, 0.2) is 0 Å². The van der Waals surface area contributed by atoms with Crippen molar-refractivity contribution >= 4 is 11.0 Å². The van der Waals surface area contributed by atoms with Gasteiger partial charge in [0, 0.05) is 48.8 Å². The Balaban J connectivity index is 1.74. The predicted molar refractivity (Wildman–Crippen MR) is 132 cm³/mol. The highest BCUT2D eigenvalue weighted by Crippen LogP contribution is 2.32. The van der Waals surface area contributed by atoms with Crippen LogP contribution in [-0.2, 0) is 11.2 Å². The predicted octanol–water partition coefficient (Wildman–Crippen LogP) is 5.68. The van der Waals surface area contributed by atoms with Crippen molar-refractivity contribution in [3.8, 4) is 11.3 Å². The molecule has 0 N–H and O–H groups in total. The van der Waals surface area contributed by atoms with Gasteiger partial charge in [-0.2, -0.15) is 0 Å². The van der Waals surface area contributed by atoms with Crippen molar-refractivity contribution in [2.75, 3.05) is 32.8 Å². The molecule has 0 unspecified atom stereocenters. The zero-order valence-electron chi connectivity index (χ0n) is 20.6. The molecule has 32 heavy (non-hydrogen) atoms. The van der Waals surface area contributed by atoms with Crippen LogP contribution in [-0.4, -0.2) is 52.3 Å². The molecule has 0 aromatic carbocycles. The van der Waals surface area contributed by atoms with Crippen LogP contribution in [0.4, 0.5) is 0 Å². The summed E-state index contributed by atoms with van der Waals surface area (Å²) in [5.41, 5.74) is 9.35. The minimum atomic E-state index is 0.430. The number of fused-ring (bicyclic) bond motifs is 1. The van der Waals surface area contributed by atoms with Crippen molar-refractivity contribution in [2.45, 2.75) is 66.3 Å². The van der Waals surface area contributed by atoms with E-state index in [1.165, 1.54) is 22.2 Å². The van der Waals surface area contributed by atoms with Crippen LogP contribution >= 0.6 is 0 Å². The van der Waals surface area contributed by atoms with E-state index < -0.39 is 0 Å². The summed E-state index contributed by atoms with van der Waals surface area (Å²) >= 11 is 0. The Hall–Kier alpha value is -2.24. The van der Waals surface area contributed by atoms with E-state index in [1.807, 2.05) is 0 Å². The normalized spacial score (nSPS) is 16.2. The summed E-state index contributed by atoms with van der Waals surface area (Å²) in [4.78, 5) is 12.7. The van der Waals surface area contributed by atoms with Crippen LogP contribution in [0.5, 0.6) is 0 Å². The lowest BCUT2D eigenvalue weighted by molar-refractivity contribution is 0.0315. The quantitative estimate of drug-likeness (QED) is 0.479. The van der Waals surface area contributed by atoms with Gasteiger partial charge in [0.05, 0.1) is 29.9 Å². The molecule has 3 aromatic heterocycles. The first-order valence-corrected chi connectivity index (χ1v) is 12.2. The number of hydrogen-bond donors (Lipinski definition) is 0. The van der Waals surface area contributed by atoms with Crippen molar-refractivity contribution in [2.24, 2.45) is 0 Å². The van der Waals surface area contributed by atoms with Crippen molar-refractivity contribution in [1.82, 2.24) is 19.4 Å². The summed E-state index contributed by atoms with van der Waals surface area (Å²) in [5.74, 6) is 0.430. The van der Waals surface area contributed by atoms with E-state index in [9.17, 15) is 0 Å². The Morgan fingerprint density at radius 2 is 1.78 bits per heavy atom. The second-order valence-corrected chi connectivity index (χ2v) is 9.45. The second-order valence-electron chi connectivity index (χ2n) is 9.45. The van der Waals surface area contributed by atoms with Crippen LogP contribution in [0, 0.1) is 13.8 Å². The Labute approximate surface area is 192 Å². The van der Waals surface area contributed by atoms with Gasteiger partial charge in [-0.3, -0.25) is 9.88 Å². The number of hydrogen-bond acceptors (Lipinski definition) is 4. The summed E-state index contributed by atoms with van der Waals surface area (Å²) < 4.78 is 8.00. The second kappa shape index (κ2) is 9.72. The average molecular weight is 435 g/mol. The number of ether oxygens (including phenoxy) is 1. The van der Waals surface area contributed by atoms with Crippen molar-refractivity contribution in [3.05, 3.63) is 46.9 Å². The molecule has 1 atom stereocenters. The molecule has 5 heteroatoms. The fraction of sp³-hybridized carbons (Fsp3) is 0.556. The molecule has 4 heterocycles. The minimum absolute atomic E-state index is 0.430. The van der Waals surface area contributed by atoms with E-state index in [0.717, 1.165) is 68.3 Å². The maximum atomic E-state index is 5.54. The average Bonchev–Trinajstić information content (AvgIpc) is 3.12. The van der Waals surface area contributed by atoms with E-state index >= 15 is 0 Å². The number of morpholine rings is 1. The first kappa shape index (κ1) is 22.9. The molecule has 0 saturated carbocycles. The van der Waals surface area contributed by atoms with Crippen LogP contribution in [0.3, 0.4) is 0 Å². The zero-order valence-corrected chi connectivity index (χ0v) is 20.6. The fourth-order valence-corrected chi connectivity index (χ4v) is 4.82. The van der Waals surface area contributed by atoms with Gasteiger partial charge in [-0.25, -0.2) is 4.98 Å². The Morgan fingerprint density at radius 3 is 2.44 bits per heavy atom. The third-order valence-corrected chi connectivity index (χ3v) is 6.79. The van der Waals surface area contributed by atoms with Crippen LogP contribution in [0.2, 0.25) is 0 Å². The lowest BCUT2D eigenvalue weighted by atomic mass is 10.0. The Kier molecular flexibility index (Phi) is 6.96. The third kappa shape index (κ3) is 4.46. The molecule has 0 radical (unpaired) electrons. The van der Waals surface area contributed by atoms with Crippen LogP contribution in [0.25, 0.3) is 22.3 Å². The van der Waals surface area contributed by atoms with E-state index in [4.69, 9.17) is 14.7 Å². The van der Waals surface area contributed by atoms with Gasteiger partial charge >= 0.3 is 0 Å². The van der Waals surface area contributed by atoms with E-state index in [0.29, 0.717) is 12.0 Å². The lowest BCUT2D eigenvalue weighted by Gasteiger charge is -2.31. The molecule has 0 bridgehead atoms. The number of pyridine rings is 2. The van der Waals surface area contributed by atoms with Crippen LogP contribution in [0.1, 0.15) is 68.6 Å². The molecule has 0 amide bonds. The molecule has 1 fully saturated rings. The first-order valence-electron chi connectivity index (χ1n) is 12.2. The standard InChI is InChI=1S/C27H38N4O/c1-7-21(17-30-11-13-32-14-12-30)31-16-20(6)27-25(31)15-19(5)26(29-27)22-9-10-24(18(3)4)28-23(22)8-2/h9-10,15-16,18,21H,7-8,11-14,17H2,1-6H3/t21-/m0/s1. The molecule has 172 valence electrons. The van der Waals surface area contributed by atoms with E-state index in [2.05, 4.69) is 75.4 Å². The smallest absolute Gasteiger partial charge is 0.0917 e. The number of aryl methyl sites for hydroxylation is 3. The Morgan fingerprint density at radius 1 is 1.03 bits per heavy atom. The van der Waals surface area contributed by atoms with E-state index in [1.54, 1.807) is 0 Å². The third-order valence-electron chi connectivity index (χ3n) is 6.79. The van der Waals surface area contributed by atoms with Crippen molar-refractivity contribution in [3.63, 3.8) is 0 Å². The van der Waals surface area contributed by atoms with Gasteiger partial charge in [0.25, 0.3) is 0 Å². The fourth-order valence-electron chi connectivity index (χ4n) is 4.82. The molecule has 3 aromatic rings. The summed E-state index contributed by atoms with van der Waals surface area (Å²) in [6, 6.07) is 7.16. The highest BCUT2D eigenvalue weighted by Gasteiger charge is 2.21.